The van der Waals surface area contributed by atoms with Gasteiger partial charge in [0.2, 0.25) is 0 Å². The Morgan fingerprint density at radius 3 is 2.38 bits per heavy atom. The van der Waals surface area contributed by atoms with Crippen LogP contribution in [0.15, 0.2) is 0 Å². The fourth-order valence-corrected chi connectivity index (χ4v) is 0.592. The maximum atomic E-state index is 11.6. The minimum absolute atomic E-state index is 0.593. The van der Waals surface area contributed by atoms with Gasteiger partial charge in [-0.05, 0) is 6.92 Å². The number of carbonyl (C=O) groups excluding carboxylic acids is 1. The third-order valence-corrected chi connectivity index (χ3v) is 1.24. The molecular weight excluding hydrogens is 187 g/mol. The molecular formula is C6H12F3N3O. The summed E-state index contributed by atoms with van der Waals surface area (Å²) in [6, 6.07) is -0.814. The Bertz CT molecular complexity index is 180. The molecule has 0 saturated carbocycles. The van der Waals surface area contributed by atoms with Gasteiger partial charge in [0, 0.05) is 7.05 Å². The molecule has 1 unspecified atom stereocenters. The molecule has 0 aromatic heterocycles. The first-order chi connectivity index (χ1) is 5.74. The van der Waals surface area contributed by atoms with Crippen molar-refractivity contribution in [2.75, 3.05) is 13.6 Å². The standard InChI is InChI=1S/C6H12F3N3O/c1-4(10)5(13)12(2)11-3-6(7,8)9/h4,11H,3,10H2,1-2H3. The Balaban J connectivity index is 3.88. The van der Waals surface area contributed by atoms with E-state index in [0.29, 0.717) is 0 Å². The topological polar surface area (TPSA) is 58.4 Å². The minimum atomic E-state index is -4.34. The lowest BCUT2D eigenvalue weighted by atomic mass is 10.3. The number of hydrogen-bond acceptors (Lipinski definition) is 3. The molecule has 0 bridgehead atoms. The summed E-state index contributed by atoms with van der Waals surface area (Å²) in [5.41, 5.74) is 7.05. The smallest absolute Gasteiger partial charge is 0.320 e. The van der Waals surface area contributed by atoms with E-state index in [1.807, 2.05) is 5.43 Å². The molecule has 0 aromatic carbocycles. The molecule has 0 aliphatic carbocycles. The summed E-state index contributed by atoms with van der Waals surface area (Å²) in [4.78, 5) is 10.9. The van der Waals surface area contributed by atoms with Gasteiger partial charge in [-0.1, -0.05) is 0 Å². The molecule has 0 aromatic rings. The van der Waals surface area contributed by atoms with E-state index in [1.54, 1.807) is 0 Å². The summed E-state index contributed by atoms with van der Waals surface area (Å²) in [6.45, 7) is 0.149. The molecule has 0 rings (SSSR count). The number of alkyl halides is 3. The average Bonchev–Trinajstić information content (AvgIpc) is 1.97. The number of nitrogens with two attached hydrogens (primary N) is 1. The van der Waals surface area contributed by atoms with Gasteiger partial charge >= 0.3 is 6.18 Å². The van der Waals surface area contributed by atoms with Gasteiger partial charge in [-0.25, -0.2) is 5.43 Å². The van der Waals surface area contributed by atoms with E-state index >= 15 is 0 Å². The first-order valence-corrected chi connectivity index (χ1v) is 3.57. The normalized spacial score (nSPS) is 14.0. The third kappa shape index (κ3) is 5.42. The van der Waals surface area contributed by atoms with E-state index in [4.69, 9.17) is 5.73 Å². The number of amides is 1. The van der Waals surface area contributed by atoms with Crippen molar-refractivity contribution >= 4 is 5.91 Å². The lowest BCUT2D eigenvalue weighted by Gasteiger charge is -2.20. The largest absolute Gasteiger partial charge is 0.402 e. The number of halogens is 3. The minimum Gasteiger partial charge on any atom is -0.320 e. The molecule has 13 heavy (non-hydrogen) atoms. The summed E-state index contributed by atoms with van der Waals surface area (Å²) in [5, 5.41) is 0.734. The zero-order chi connectivity index (χ0) is 10.6. The number of hydrogen-bond donors (Lipinski definition) is 2. The molecule has 1 amide bonds. The third-order valence-electron chi connectivity index (χ3n) is 1.24. The average molecular weight is 199 g/mol. The Labute approximate surface area is 73.8 Å². The zero-order valence-corrected chi connectivity index (χ0v) is 7.35. The molecule has 0 fully saturated rings. The first kappa shape index (κ1) is 12.2. The van der Waals surface area contributed by atoms with Crippen molar-refractivity contribution in [2.24, 2.45) is 5.73 Å². The molecule has 0 saturated heterocycles. The molecule has 0 spiro atoms. The van der Waals surface area contributed by atoms with Gasteiger partial charge in [-0.15, -0.1) is 0 Å². The summed E-state index contributed by atoms with van der Waals surface area (Å²) in [6.07, 6.45) is -4.34. The fourth-order valence-electron chi connectivity index (χ4n) is 0.592. The van der Waals surface area contributed by atoms with E-state index in [1.165, 1.54) is 14.0 Å². The van der Waals surface area contributed by atoms with Crippen LogP contribution in [0.5, 0.6) is 0 Å². The van der Waals surface area contributed by atoms with Crippen LogP contribution in [0.2, 0.25) is 0 Å². The lowest BCUT2D eigenvalue weighted by Crippen LogP contribution is -2.49. The molecule has 0 aliphatic rings. The first-order valence-electron chi connectivity index (χ1n) is 3.57. The van der Waals surface area contributed by atoms with Gasteiger partial charge < -0.3 is 5.73 Å². The highest BCUT2D eigenvalue weighted by Crippen LogP contribution is 2.12. The number of rotatable bonds is 3. The predicted octanol–water partition coefficient (Wildman–Crippen LogP) is -0.141. The van der Waals surface area contributed by atoms with Crippen LogP contribution in [0.1, 0.15) is 6.92 Å². The van der Waals surface area contributed by atoms with Gasteiger partial charge in [-0.3, -0.25) is 9.80 Å². The monoisotopic (exact) mass is 199 g/mol. The lowest BCUT2D eigenvalue weighted by molar-refractivity contribution is -0.146. The van der Waals surface area contributed by atoms with E-state index in [-0.39, 0.29) is 0 Å². The van der Waals surface area contributed by atoms with Crippen LogP contribution >= 0.6 is 0 Å². The summed E-state index contributed by atoms with van der Waals surface area (Å²) in [5.74, 6) is -0.593. The van der Waals surface area contributed by atoms with Gasteiger partial charge in [0.05, 0.1) is 6.04 Å². The van der Waals surface area contributed by atoms with Crippen LogP contribution in [-0.4, -0.2) is 36.7 Å². The Hall–Kier alpha value is -0.820. The van der Waals surface area contributed by atoms with E-state index in [0.717, 1.165) is 5.01 Å². The number of nitrogens with one attached hydrogen (secondary N) is 1. The second kappa shape index (κ2) is 4.43. The van der Waals surface area contributed by atoms with Crippen LogP contribution in [-0.2, 0) is 4.79 Å². The SMILES string of the molecule is CC(N)C(=O)N(C)NCC(F)(F)F. The van der Waals surface area contributed by atoms with Crippen LogP contribution in [0.4, 0.5) is 13.2 Å². The second-order valence-corrected chi connectivity index (χ2v) is 2.64. The highest BCUT2D eigenvalue weighted by atomic mass is 19.4. The second-order valence-electron chi connectivity index (χ2n) is 2.64. The number of carbonyl (C=O) groups is 1. The van der Waals surface area contributed by atoms with Crippen molar-refractivity contribution in [2.45, 2.75) is 19.1 Å². The highest BCUT2D eigenvalue weighted by Gasteiger charge is 2.28. The van der Waals surface area contributed by atoms with Crippen molar-refractivity contribution in [3.63, 3.8) is 0 Å². The molecule has 4 nitrogen and oxygen atoms in total. The predicted molar refractivity (Wildman–Crippen MR) is 40.5 cm³/mol. The molecule has 0 radical (unpaired) electrons. The Kier molecular flexibility index (Phi) is 4.15. The molecule has 0 aliphatic heterocycles. The van der Waals surface area contributed by atoms with Crippen molar-refractivity contribution in [3.05, 3.63) is 0 Å². The highest BCUT2D eigenvalue weighted by molar-refractivity contribution is 5.80. The van der Waals surface area contributed by atoms with Crippen LogP contribution in [0, 0.1) is 0 Å². The van der Waals surface area contributed by atoms with E-state index < -0.39 is 24.7 Å². The Morgan fingerprint density at radius 2 is 2.08 bits per heavy atom. The zero-order valence-electron chi connectivity index (χ0n) is 7.35. The summed E-state index contributed by atoms with van der Waals surface area (Å²) in [7, 11) is 1.19. The molecule has 3 N–H and O–H groups in total. The van der Waals surface area contributed by atoms with Gasteiger partial charge in [0.15, 0.2) is 0 Å². The number of hydrazine groups is 1. The number of likely N-dealkylation sites (N-methyl/N-ethyl adjacent to an activating group) is 1. The molecule has 1 atom stereocenters. The molecule has 78 valence electrons. The summed E-state index contributed by atoms with van der Waals surface area (Å²) < 4.78 is 34.9. The van der Waals surface area contributed by atoms with Crippen molar-refractivity contribution in [3.8, 4) is 0 Å². The van der Waals surface area contributed by atoms with Gasteiger partial charge in [0.1, 0.15) is 6.54 Å². The van der Waals surface area contributed by atoms with Gasteiger partial charge in [0.25, 0.3) is 5.91 Å². The fraction of sp³-hybridized carbons (Fsp3) is 0.833. The maximum Gasteiger partial charge on any atom is 0.402 e. The quantitative estimate of drug-likeness (QED) is 0.622. The van der Waals surface area contributed by atoms with E-state index in [9.17, 15) is 18.0 Å². The Morgan fingerprint density at radius 1 is 1.62 bits per heavy atom. The molecule has 0 heterocycles. The van der Waals surface area contributed by atoms with Crippen LogP contribution in [0.3, 0.4) is 0 Å². The van der Waals surface area contributed by atoms with Crippen molar-refractivity contribution in [1.82, 2.24) is 10.4 Å². The van der Waals surface area contributed by atoms with Crippen LogP contribution < -0.4 is 11.2 Å². The maximum absolute atomic E-state index is 11.6. The number of nitrogens with zero attached hydrogens (tertiary/aromatic N) is 1. The molecule has 7 heteroatoms. The van der Waals surface area contributed by atoms with Crippen LogP contribution in [0.25, 0.3) is 0 Å². The summed E-state index contributed by atoms with van der Waals surface area (Å²) >= 11 is 0. The van der Waals surface area contributed by atoms with Crippen molar-refractivity contribution < 1.29 is 18.0 Å². The van der Waals surface area contributed by atoms with Crippen molar-refractivity contribution in [1.29, 1.82) is 0 Å². The van der Waals surface area contributed by atoms with Gasteiger partial charge in [-0.2, -0.15) is 13.2 Å². The van der Waals surface area contributed by atoms with E-state index in [2.05, 4.69) is 0 Å².